The van der Waals surface area contributed by atoms with Crippen molar-refractivity contribution in [3.8, 4) is 11.5 Å². The van der Waals surface area contributed by atoms with Gasteiger partial charge in [0.15, 0.2) is 0 Å². The fourth-order valence-corrected chi connectivity index (χ4v) is 8.87. The normalized spacial score (nSPS) is 11.6. The zero-order chi connectivity index (χ0) is 32.1. The van der Waals surface area contributed by atoms with Crippen molar-refractivity contribution in [1.29, 1.82) is 0 Å². The van der Waals surface area contributed by atoms with Gasteiger partial charge >= 0.3 is 0 Å². The first-order valence-electron chi connectivity index (χ1n) is 16.0. The van der Waals surface area contributed by atoms with Gasteiger partial charge in [-0.3, -0.25) is 0 Å². The van der Waals surface area contributed by atoms with Crippen LogP contribution in [-0.4, -0.2) is 0 Å². The van der Waals surface area contributed by atoms with Gasteiger partial charge in [0.2, 0.25) is 0 Å². The smallest absolute Gasteiger partial charge is 0.149 e. The van der Waals surface area contributed by atoms with Gasteiger partial charge in [0.25, 0.3) is 0 Å². The standard InChI is InChI=1S/C44H34OS2/c1-27-33-19-11-13-21-35(33)29(3)41-37(27)23-25-39(46-31-15-7-5-8-16-31)43(41)45-44-40(47-32-17-9-6-10-18-32)26-24-38-28(2)34-20-12-14-22-36(34)30(4)42(38)44/h5-26H,1-4H3. The fraction of sp³-hybridized carbons (Fsp3) is 0.0909. The molecule has 0 aliphatic heterocycles. The van der Waals surface area contributed by atoms with Crippen LogP contribution in [0.3, 0.4) is 0 Å². The molecule has 8 aromatic rings. The topological polar surface area (TPSA) is 9.23 Å². The van der Waals surface area contributed by atoms with Crippen molar-refractivity contribution in [2.24, 2.45) is 0 Å². The Morgan fingerprint density at radius 1 is 0.340 bits per heavy atom. The van der Waals surface area contributed by atoms with Crippen LogP contribution < -0.4 is 4.74 Å². The van der Waals surface area contributed by atoms with E-state index in [-0.39, 0.29) is 0 Å². The van der Waals surface area contributed by atoms with Crippen LogP contribution in [0.5, 0.6) is 11.5 Å². The Morgan fingerprint density at radius 3 is 1.06 bits per heavy atom. The summed E-state index contributed by atoms with van der Waals surface area (Å²) in [5.74, 6) is 1.82. The summed E-state index contributed by atoms with van der Waals surface area (Å²) >= 11 is 3.52. The van der Waals surface area contributed by atoms with Crippen molar-refractivity contribution in [3.05, 3.63) is 156 Å². The molecule has 0 saturated heterocycles. The zero-order valence-corrected chi connectivity index (χ0v) is 28.6. The third-order valence-corrected chi connectivity index (χ3v) is 11.5. The van der Waals surface area contributed by atoms with E-state index in [9.17, 15) is 0 Å². The Morgan fingerprint density at radius 2 is 0.681 bits per heavy atom. The Hall–Kier alpha value is -4.70. The van der Waals surface area contributed by atoms with E-state index in [1.54, 1.807) is 23.5 Å². The Kier molecular flexibility index (Phi) is 7.67. The van der Waals surface area contributed by atoms with Crippen LogP contribution in [0.25, 0.3) is 43.1 Å². The quantitative estimate of drug-likeness (QED) is 0.167. The SMILES string of the molecule is Cc1c2ccccc2c(C)c2c(Oc3c(Sc4ccccc4)ccc4c(C)c5ccccc5c(C)c34)c(Sc3ccccc3)ccc12. The molecule has 0 spiro atoms. The van der Waals surface area contributed by atoms with Crippen molar-refractivity contribution < 1.29 is 4.74 Å². The molecule has 0 fully saturated rings. The molecule has 0 amide bonds. The average molecular weight is 643 g/mol. The molecule has 3 heteroatoms. The van der Waals surface area contributed by atoms with E-state index in [1.165, 1.54) is 75.1 Å². The summed E-state index contributed by atoms with van der Waals surface area (Å²) < 4.78 is 7.54. The highest BCUT2D eigenvalue weighted by molar-refractivity contribution is 7.99. The lowest BCUT2D eigenvalue weighted by molar-refractivity contribution is 0.471. The first-order chi connectivity index (χ1) is 23.0. The number of benzene rings is 8. The minimum Gasteiger partial charge on any atom is -0.454 e. The molecule has 0 bridgehead atoms. The predicted octanol–water partition coefficient (Wildman–Crippen LogP) is 13.6. The Bertz CT molecular complexity index is 2290. The minimum absolute atomic E-state index is 0.912. The van der Waals surface area contributed by atoms with Gasteiger partial charge in [-0.05, 0) is 119 Å². The first-order valence-corrected chi connectivity index (χ1v) is 17.7. The second-order valence-electron chi connectivity index (χ2n) is 12.2. The maximum Gasteiger partial charge on any atom is 0.149 e. The molecule has 228 valence electrons. The van der Waals surface area contributed by atoms with E-state index in [0.29, 0.717) is 0 Å². The number of rotatable bonds is 6. The summed E-state index contributed by atoms with van der Waals surface area (Å²) in [6.45, 7) is 8.98. The Balaban J connectivity index is 1.46. The Labute approximate surface area is 284 Å². The molecular weight excluding hydrogens is 609 g/mol. The van der Waals surface area contributed by atoms with Crippen LogP contribution in [0, 0.1) is 27.7 Å². The monoisotopic (exact) mass is 642 g/mol. The van der Waals surface area contributed by atoms with Gasteiger partial charge in [-0.2, -0.15) is 0 Å². The molecule has 0 atom stereocenters. The first kappa shape index (κ1) is 29.7. The summed E-state index contributed by atoms with van der Waals surface area (Å²) in [4.78, 5) is 4.57. The van der Waals surface area contributed by atoms with Gasteiger partial charge in [0.1, 0.15) is 11.5 Å². The molecule has 0 N–H and O–H groups in total. The number of fused-ring (bicyclic) bond motifs is 4. The predicted molar refractivity (Wildman–Crippen MR) is 203 cm³/mol. The van der Waals surface area contributed by atoms with Crippen molar-refractivity contribution in [2.75, 3.05) is 0 Å². The van der Waals surface area contributed by atoms with Crippen LogP contribution in [0.2, 0.25) is 0 Å². The zero-order valence-electron chi connectivity index (χ0n) is 26.9. The summed E-state index contributed by atoms with van der Waals surface area (Å²) in [6, 6.07) is 47.8. The second kappa shape index (κ2) is 12.2. The fourth-order valence-electron chi connectivity index (χ4n) is 7.03. The van der Waals surface area contributed by atoms with Crippen molar-refractivity contribution in [3.63, 3.8) is 0 Å². The number of hydrogen-bond acceptors (Lipinski definition) is 3. The van der Waals surface area contributed by atoms with Gasteiger partial charge in [-0.1, -0.05) is 121 Å². The molecule has 0 aromatic heterocycles. The molecule has 0 saturated carbocycles. The van der Waals surface area contributed by atoms with Crippen LogP contribution in [0.15, 0.2) is 153 Å². The molecule has 47 heavy (non-hydrogen) atoms. The number of ether oxygens (including phenoxy) is 1. The largest absolute Gasteiger partial charge is 0.454 e. The van der Waals surface area contributed by atoms with E-state index in [2.05, 4.69) is 161 Å². The van der Waals surface area contributed by atoms with Crippen LogP contribution >= 0.6 is 23.5 Å². The molecule has 8 rings (SSSR count). The van der Waals surface area contributed by atoms with E-state index >= 15 is 0 Å². The van der Waals surface area contributed by atoms with Gasteiger partial charge in [0, 0.05) is 20.6 Å². The average Bonchev–Trinajstić information content (AvgIpc) is 3.11. The van der Waals surface area contributed by atoms with E-state index in [0.717, 1.165) is 21.3 Å². The third kappa shape index (κ3) is 5.15. The minimum atomic E-state index is 0.912. The van der Waals surface area contributed by atoms with E-state index in [4.69, 9.17) is 4.74 Å². The summed E-state index contributed by atoms with van der Waals surface area (Å²) in [6.07, 6.45) is 0. The molecule has 0 radical (unpaired) electrons. The van der Waals surface area contributed by atoms with Gasteiger partial charge in [-0.15, -0.1) is 0 Å². The van der Waals surface area contributed by atoms with Gasteiger partial charge < -0.3 is 4.74 Å². The lowest BCUT2D eigenvalue weighted by Crippen LogP contribution is -1.98. The molecule has 8 aromatic carbocycles. The highest BCUT2D eigenvalue weighted by Gasteiger charge is 2.23. The summed E-state index contributed by atoms with van der Waals surface area (Å²) in [5, 5.41) is 9.90. The van der Waals surface area contributed by atoms with E-state index < -0.39 is 0 Å². The van der Waals surface area contributed by atoms with Gasteiger partial charge in [0.05, 0.1) is 9.79 Å². The van der Waals surface area contributed by atoms with Crippen LogP contribution in [0.1, 0.15) is 22.3 Å². The second-order valence-corrected chi connectivity index (χ2v) is 14.4. The van der Waals surface area contributed by atoms with E-state index in [1.807, 2.05) is 0 Å². The summed E-state index contributed by atoms with van der Waals surface area (Å²) in [5.41, 5.74) is 5.03. The molecular formula is C44H34OS2. The van der Waals surface area contributed by atoms with Crippen molar-refractivity contribution >= 4 is 66.6 Å². The lowest BCUT2D eigenvalue weighted by Gasteiger charge is -2.22. The molecule has 0 aliphatic carbocycles. The maximum absolute atomic E-state index is 7.54. The lowest BCUT2D eigenvalue weighted by atomic mass is 9.92. The maximum atomic E-state index is 7.54. The number of hydrogen-bond donors (Lipinski definition) is 0. The van der Waals surface area contributed by atoms with Crippen molar-refractivity contribution in [2.45, 2.75) is 47.3 Å². The van der Waals surface area contributed by atoms with Crippen LogP contribution in [0.4, 0.5) is 0 Å². The molecule has 1 nitrogen and oxygen atoms in total. The number of aryl methyl sites for hydroxylation is 4. The highest BCUT2D eigenvalue weighted by atomic mass is 32.2. The summed E-state index contributed by atoms with van der Waals surface area (Å²) in [7, 11) is 0. The third-order valence-electron chi connectivity index (χ3n) is 9.42. The molecule has 0 unspecified atom stereocenters. The van der Waals surface area contributed by atoms with Gasteiger partial charge in [-0.25, -0.2) is 0 Å². The molecule has 0 heterocycles. The highest BCUT2D eigenvalue weighted by Crippen LogP contribution is 2.51. The van der Waals surface area contributed by atoms with Crippen LogP contribution in [-0.2, 0) is 0 Å². The molecule has 0 aliphatic rings. The van der Waals surface area contributed by atoms with Crippen molar-refractivity contribution in [1.82, 2.24) is 0 Å².